The highest BCUT2D eigenvalue weighted by molar-refractivity contribution is 6.32. The standard InChI is InChI=1S/C28H24ClN3O3/c29-27-23(15-8-16-30-27)28(34)35-18-24(33)32-26(20-11-5-2-6-12-20)22-14-7-13-21(25(22)31-32)17-19-9-3-1-4-10-19/h1-6,8-12,15-17,22,26H,7,13-14,18H2. The van der Waals surface area contributed by atoms with Crippen LogP contribution in [0, 0.1) is 5.92 Å². The Morgan fingerprint density at radius 3 is 2.51 bits per heavy atom. The number of carbonyl (C=O) groups excluding carboxylic acids is 2. The van der Waals surface area contributed by atoms with Crippen molar-refractivity contribution in [2.45, 2.75) is 25.3 Å². The molecule has 2 unspecified atom stereocenters. The van der Waals surface area contributed by atoms with E-state index in [4.69, 9.17) is 21.4 Å². The molecule has 2 aliphatic rings. The van der Waals surface area contributed by atoms with Gasteiger partial charge in [-0.1, -0.05) is 72.3 Å². The van der Waals surface area contributed by atoms with Crippen LogP contribution in [-0.2, 0) is 9.53 Å². The molecule has 7 heteroatoms. The number of aromatic nitrogens is 1. The van der Waals surface area contributed by atoms with Crippen molar-refractivity contribution in [3.05, 3.63) is 106 Å². The Morgan fingerprint density at radius 1 is 1.03 bits per heavy atom. The van der Waals surface area contributed by atoms with Gasteiger partial charge < -0.3 is 4.74 Å². The summed E-state index contributed by atoms with van der Waals surface area (Å²) in [5.41, 5.74) is 4.31. The molecule has 2 heterocycles. The van der Waals surface area contributed by atoms with Crippen LogP contribution in [0.25, 0.3) is 6.08 Å². The molecule has 6 nitrogen and oxygen atoms in total. The number of pyridine rings is 1. The minimum Gasteiger partial charge on any atom is -0.452 e. The molecule has 1 saturated carbocycles. The molecule has 0 saturated heterocycles. The van der Waals surface area contributed by atoms with Crippen molar-refractivity contribution in [1.29, 1.82) is 0 Å². The van der Waals surface area contributed by atoms with E-state index in [1.807, 2.05) is 48.5 Å². The summed E-state index contributed by atoms with van der Waals surface area (Å²) in [5.74, 6) is -0.997. The number of ether oxygens (including phenoxy) is 1. The largest absolute Gasteiger partial charge is 0.452 e. The number of fused-ring (bicyclic) bond motifs is 1. The average molecular weight is 486 g/mol. The maximum absolute atomic E-state index is 13.3. The Labute approximate surface area is 208 Å². The third-order valence-corrected chi connectivity index (χ3v) is 6.65. The number of halogens is 1. The normalized spacial score (nSPS) is 20.3. The Bertz CT molecular complexity index is 1290. The number of hydrogen-bond acceptors (Lipinski definition) is 5. The number of benzene rings is 2. The molecule has 1 aliphatic carbocycles. The second-order valence-corrected chi connectivity index (χ2v) is 8.93. The quantitative estimate of drug-likeness (QED) is 0.342. The Balaban J connectivity index is 1.43. The maximum Gasteiger partial charge on any atom is 0.341 e. The topological polar surface area (TPSA) is 71.9 Å². The zero-order valence-electron chi connectivity index (χ0n) is 19.0. The van der Waals surface area contributed by atoms with Gasteiger partial charge in [0.1, 0.15) is 5.15 Å². The fourth-order valence-corrected chi connectivity index (χ4v) is 4.95. The zero-order valence-corrected chi connectivity index (χ0v) is 19.8. The van der Waals surface area contributed by atoms with E-state index in [2.05, 4.69) is 23.2 Å². The first-order valence-electron chi connectivity index (χ1n) is 11.6. The lowest BCUT2D eigenvalue weighted by Crippen LogP contribution is -2.34. The molecule has 2 aromatic carbocycles. The second kappa shape index (κ2) is 10.2. The van der Waals surface area contributed by atoms with Gasteiger partial charge in [0.25, 0.3) is 5.91 Å². The van der Waals surface area contributed by atoms with Crippen LogP contribution in [0.15, 0.2) is 89.7 Å². The number of nitrogens with zero attached hydrogens (tertiary/aromatic N) is 3. The molecule has 0 radical (unpaired) electrons. The summed E-state index contributed by atoms with van der Waals surface area (Å²) in [7, 11) is 0. The first kappa shape index (κ1) is 23.0. The Kier molecular flexibility index (Phi) is 6.73. The minimum absolute atomic E-state index is 0.0373. The molecule has 0 N–H and O–H groups in total. The van der Waals surface area contributed by atoms with E-state index in [1.165, 1.54) is 17.3 Å². The molecule has 3 aromatic rings. The highest BCUT2D eigenvalue weighted by atomic mass is 35.5. The monoisotopic (exact) mass is 485 g/mol. The zero-order chi connectivity index (χ0) is 24.2. The van der Waals surface area contributed by atoms with Gasteiger partial charge in [0.15, 0.2) is 6.61 Å². The van der Waals surface area contributed by atoms with Crippen LogP contribution in [0.3, 0.4) is 0 Å². The first-order valence-corrected chi connectivity index (χ1v) is 12.0. The molecular formula is C28H24ClN3O3. The molecule has 176 valence electrons. The van der Waals surface area contributed by atoms with E-state index in [0.29, 0.717) is 0 Å². The van der Waals surface area contributed by atoms with Gasteiger partial charge in [0.05, 0.1) is 17.3 Å². The van der Waals surface area contributed by atoms with Crippen molar-refractivity contribution in [3.63, 3.8) is 0 Å². The van der Waals surface area contributed by atoms with Crippen molar-refractivity contribution in [1.82, 2.24) is 9.99 Å². The molecular weight excluding hydrogens is 462 g/mol. The molecule has 2 atom stereocenters. The molecule has 1 fully saturated rings. The van der Waals surface area contributed by atoms with Crippen molar-refractivity contribution in [2.75, 3.05) is 6.61 Å². The molecule has 0 spiro atoms. The summed E-state index contributed by atoms with van der Waals surface area (Å²) >= 11 is 5.99. The van der Waals surface area contributed by atoms with Crippen LogP contribution in [0.2, 0.25) is 5.15 Å². The number of esters is 1. The number of hydrazone groups is 1. The predicted molar refractivity (Wildman–Crippen MR) is 135 cm³/mol. The van der Waals surface area contributed by atoms with E-state index in [9.17, 15) is 9.59 Å². The predicted octanol–water partition coefficient (Wildman–Crippen LogP) is 5.72. The van der Waals surface area contributed by atoms with Gasteiger partial charge in [-0.15, -0.1) is 0 Å². The van der Waals surface area contributed by atoms with Gasteiger partial charge in [0.2, 0.25) is 0 Å². The average Bonchev–Trinajstić information content (AvgIpc) is 3.29. The summed E-state index contributed by atoms with van der Waals surface area (Å²) in [4.78, 5) is 29.7. The van der Waals surface area contributed by atoms with Gasteiger partial charge in [-0.05, 0) is 54.2 Å². The summed E-state index contributed by atoms with van der Waals surface area (Å²) in [6.07, 6.45) is 6.49. The van der Waals surface area contributed by atoms with Gasteiger partial charge in [-0.3, -0.25) is 4.79 Å². The summed E-state index contributed by atoms with van der Waals surface area (Å²) in [6, 6.07) is 22.9. The first-order chi connectivity index (χ1) is 17.1. The fourth-order valence-electron chi connectivity index (χ4n) is 4.75. The lowest BCUT2D eigenvalue weighted by atomic mass is 9.77. The summed E-state index contributed by atoms with van der Waals surface area (Å²) in [6.45, 7) is -0.436. The number of hydrogen-bond donors (Lipinski definition) is 0. The molecule has 1 amide bonds. The number of rotatable bonds is 5. The maximum atomic E-state index is 13.3. The van der Waals surface area contributed by atoms with Gasteiger partial charge in [-0.25, -0.2) is 14.8 Å². The second-order valence-electron chi connectivity index (χ2n) is 8.58. The van der Waals surface area contributed by atoms with Crippen LogP contribution in [0.1, 0.15) is 46.8 Å². The van der Waals surface area contributed by atoms with Crippen LogP contribution >= 0.6 is 11.6 Å². The molecule has 1 aliphatic heterocycles. The van der Waals surface area contributed by atoms with E-state index in [1.54, 1.807) is 6.07 Å². The smallest absolute Gasteiger partial charge is 0.341 e. The highest BCUT2D eigenvalue weighted by Crippen LogP contribution is 2.44. The van der Waals surface area contributed by atoms with E-state index in [0.717, 1.165) is 41.7 Å². The van der Waals surface area contributed by atoms with Crippen LogP contribution in [-0.4, -0.2) is 34.2 Å². The van der Waals surface area contributed by atoms with Crippen LogP contribution < -0.4 is 0 Å². The lowest BCUT2D eigenvalue weighted by molar-refractivity contribution is -0.137. The molecule has 5 rings (SSSR count). The van der Waals surface area contributed by atoms with Gasteiger partial charge >= 0.3 is 5.97 Å². The van der Waals surface area contributed by atoms with E-state index >= 15 is 0 Å². The van der Waals surface area contributed by atoms with Crippen molar-refractivity contribution in [3.8, 4) is 0 Å². The van der Waals surface area contributed by atoms with E-state index in [-0.39, 0.29) is 28.6 Å². The SMILES string of the molecule is O=C(OCC(=O)N1N=C2C(=Cc3ccccc3)CCCC2C1c1ccccc1)c1cccnc1Cl. The number of carbonyl (C=O) groups is 2. The molecule has 35 heavy (non-hydrogen) atoms. The minimum atomic E-state index is -0.693. The number of allylic oxidation sites excluding steroid dienone is 1. The number of amides is 1. The fraction of sp³-hybridized carbons (Fsp3) is 0.214. The Hall–Kier alpha value is -3.77. The van der Waals surface area contributed by atoms with Crippen LogP contribution in [0.4, 0.5) is 0 Å². The van der Waals surface area contributed by atoms with Crippen LogP contribution in [0.5, 0.6) is 0 Å². The summed E-state index contributed by atoms with van der Waals surface area (Å²) < 4.78 is 5.30. The third kappa shape index (κ3) is 4.88. The Morgan fingerprint density at radius 2 is 1.77 bits per heavy atom. The highest BCUT2D eigenvalue weighted by Gasteiger charge is 2.43. The van der Waals surface area contributed by atoms with Crippen molar-refractivity contribution < 1.29 is 14.3 Å². The molecule has 1 aromatic heterocycles. The van der Waals surface area contributed by atoms with Crippen molar-refractivity contribution >= 4 is 35.3 Å². The van der Waals surface area contributed by atoms with E-state index < -0.39 is 12.6 Å². The van der Waals surface area contributed by atoms with Gasteiger partial charge in [-0.2, -0.15) is 5.10 Å². The third-order valence-electron chi connectivity index (χ3n) is 6.34. The summed E-state index contributed by atoms with van der Waals surface area (Å²) in [5, 5.41) is 6.35. The van der Waals surface area contributed by atoms with Crippen molar-refractivity contribution in [2.24, 2.45) is 11.0 Å². The van der Waals surface area contributed by atoms with Gasteiger partial charge in [0, 0.05) is 12.1 Å². The molecule has 0 bridgehead atoms. The lowest BCUT2D eigenvalue weighted by Gasteiger charge is -2.29.